The van der Waals surface area contributed by atoms with Crippen LogP contribution in [-0.4, -0.2) is 23.4 Å². The van der Waals surface area contributed by atoms with E-state index in [-0.39, 0.29) is 12.4 Å². The third-order valence-electron chi connectivity index (χ3n) is 3.13. The van der Waals surface area contributed by atoms with Crippen LogP contribution in [0.1, 0.15) is 32.4 Å². The number of ether oxygens (including phenoxy) is 2. The van der Waals surface area contributed by atoms with Gasteiger partial charge in [-0.05, 0) is 39.0 Å². The highest BCUT2D eigenvalue weighted by atomic mass is 35.5. The largest absolute Gasteiger partial charge is 0.494 e. The average Bonchev–Trinajstić information content (AvgIpc) is 2.27. The van der Waals surface area contributed by atoms with Crippen molar-refractivity contribution in [3.63, 3.8) is 0 Å². The van der Waals surface area contributed by atoms with Crippen molar-refractivity contribution in [3.8, 4) is 11.5 Å². The fraction of sp³-hybridized carbons (Fsp3) is 0.538. The first kappa shape index (κ1) is 15.1. The summed E-state index contributed by atoms with van der Waals surface area (Å²) >= 11 is 0. The van der Waals surface area contributed by atoms with Crippen LogP contribution in [0.3, 0.4) is 0 Å². The number of hydrogen-bond acceptors (Lipinski definition) is 4. The molecule has 1 aliphatic heterocycles. The molecule has 18 heavy (non-hydrogen) atoms. The number of rotatable bonds is 2. The number of nitrogens with two attached hydrogens (primary N) is 1. The predicted octanol–water partition coefficient (Wildman–Crippen LogP) is 2.04. The SMILES string of the molecule is CCOc1ccc2c(c1)C(O)C(N)C(C)(C)O2.Cl. The van der Waals surface area contributed by atoms with Gasteiger partial charge in [0.05, 0.1) is 12.6 Å². The van der Waals surface area contributed by atoms with Crippen LogP contribution >= 0.6 is 12.4 Å². The molecule has 0 fully saturated rings. The molecule has 4 nitrogen and oxygen atoms in total. The fourth-order valence-corrected chi connectivity index (χ4v) is 2.03. The lowest BCUT2D eigenvalue weighted by atomic mass is 9.87. The third kappa shape index (κ3) is 2.55. The van der Waals surface area contributed by atoms with Crippen LogP contribution in [0.25, 0.3) is 0 Å². The maximum absolute atomic E-state index is 10.2. The molecule has 0 spiro atoms. The highest BCUT2D eigenvalue weighted by molar-refractivity contribution is 5.85. The van der Waals surface area contributed by atoms with Crippen molar-refractivity contribution >= 4 is 12.4 Å². The molecule has 2 rings (SSSR count). The molecule has 0 amide bonds. The first-order valence-corrected chi connectivity index (χ1v) is 5.85. The Morgan fingerprint density at radius 1 is 1.44 bits per heavy atom. The topological polar surface area (TPSA) is 64.7 Å². The molecular formula is C13H20ClNO3. The second-order valence-corrected chi connectivity index (χ2v) is 4.81. The summed E-state index contributed by atoms with van der Waals surface area (Å²) in [6, 6.07) is 4.99. The predicted molar refractivity (Wildman–Crippen MR) is 72.5 cm³/mol. The molecule has 5 heteroatoms. The summed E-state index contributed by atoms with van der Waals surface area (Å²) in [7, 11) is 0. The minimum atomic E-state index is -0.728. The summed E-state index contributed by atoms with van der Waals surface area (Å²) in [4.78, 5) is 0. The third-order valence-corrected chi connectivity index (χ3v) is 3.13. The van der Waals surface area contributed by atoms with Gasteiger partial charge in [0.15, 0.2) is 0 Å². The molecule has 2 atom stereocenters. The Morgan fingerprint density at radius 3 is 2.72 bits per heavy atom. The second-order valence-electron chi connectivity index (χ2n) is 4.81. The highest BCUT2D eigenvalue weighted by Gasteiger charge is 2.40. The maximum Gasteiger partial charge on any atom is 0.126 e. The Bertz CT molecular complexity index is 423. The first-order valence-electron chi connectivity index (χ1n) is 5.85. The normalized spacial score (nSPS) is 24.5. The number of aliphatic hydroxyl groups excluding tert-OH is 1. The molecular weight excluding hydrogens is 254 g/mol. The fourth-order valence-electron chi connectivity index (χ4n) is 2.03. The molecule has 0 saturated heterocycles. The van der Waals surface area contributed by atoms with Crippen molar-refractivity contribution in [2.75, 3.05) is 6.61 Å². The van der Waals surface area contributed by atoms with Gasteiger partial charge in [-0.15, -0.1) is 12.4 Å². The summed E-state index contributed by atoms with van der Waals surface area (Å²) < 4.78 is 11.2. The van der Waals surface area contributed by atoms with E-state index in [1.165, 1.54) is 0 Å². The zero-order valence-electron chi connectivity index (χ0n) is 10.8. The van der Waals surface area contributed by atoms with E-state index in [9.17, 15) is 5.11 Å². The number of aliphatic hydroxyl groups is 1. The van der Waals surface area contributed by atoms with E-state index in [2.05, 4.69) is 0 Å². The Hall–Kier alpha value is -0.970. The number of halogens is 1. The first-order chi connectivity index (χ1) is 7.95. The molecule has 3 N–H and O–H groups in total. The summed E-state index contributed by atoms with van der Waals surface area (Å²) in [6.07, 6.45) is -0.728. The van der Waals surface area contributed by atoms with E-state index in [0.29, 0.717) is 17.9 Å². The standard InChI is InChI=1S/C13H19NO3.ClH/c1-4-16-8-5-6-10-9(7-8)11(15)12(14)13(2,3)17-10;/h5-7,11-12,15H,4,14H2,1-3H3;1H. The van der Waals surface area contributed by atoms with E-state index < -0.39 is 17.7 Å². The summed E-state index contributed by atoms with van der Waals surface area (Å²) in [5, 5.41) is 10.2. The zero-order chi connectivity index (χ0) is 12.6. The van der Waals surface area contributed by atoms with Crippen molar-refractivity contribution in [2.45, 2.75) is 38.5 Å². The van der Waals surface area contributed by atoms with Crippen LogP contribution in [-0.2, 0) is 0 Å². The molecule has 0 bridgehead atoms. The molecule has 102 valence electrons. The van der Waals surface area contributed by atoms with E-state index in [1.54, 1.807) is 6.07 Å². The molecule has 0 radical (unpaired) electrons. The minimum absolute atomic E-state index is 0. The van der Waals surface area contributed by atoms with Crippen LogP contribution in [0.5, 0.6) is 11.5 Å². The monoisotopic (exact) mass is 273 g/mol. The van der Waals surface area contributed by atoms with Gasteiger partial charge >= 0.3 is 0 Å². The lowest BCUT2D eigenvalue weighted by Gasteiger charge is -2.41. The van der Waals surface area contributed by atoms with Crippen LogP contribution in [0, 0.1) is 0 Å². The Labute approximate surface area is 113 Å². The molecule has 0 saturated carbocycles. The van der Waals surface area contributed by atoms with Crippen LogP contribution in [0.4, 0.5) is 0 Å². The van der Waals surface area contributed by atoms with E-state index in [4.69, 9.17) is 15.2 Å². The molecule has 1 aromatic carbocycles. The van der Waals surface area contributed by atoms with Crippen molar-refractivity contribution in [1.29, 1.82) is 0 Å². The van der Waals surface area contributed by atoms with Gasteiger partial charge in [-0.1, -0.05) is 0 Å². The van der Waals surface area contributed by atoms with Gasteiger partial charge in [0.2, 0.25) is 0 Å². The average molecular weight is 274 g/mol. The second kappa shape index (κ2) is 5.34. The Morgan fingerprint density at radius 2 is 2.11 bits per heavy atom. The Kier molecular flexibility index (Phi) is 4.48. The van der Waals surface area contributed by atoms with Gasteiger partial charge in [0.25, 0.3) is 0 Å². The quantitative estimate of drug-likeness (QED) is 0.865. The van der Waals surface area contributed by atoms with Crippen molar-refractivity contribution in [2.24, 2.45) is 5.73 Å². The summed E-state index contributed by atoms with van der Waals surface area (Å²) in [6.45, 7) is 6.26. The molecule has 1 heterocycles. The van der Waals surface area contributed by atoms with E-state index in [1.807, 2.05) is 32.9 Å². The lowest BCUT2D eigenvalue weighted by molar-refractivity contribution is -0.0119. The number of benzene rings is 1. The molecule has 1 aliphatic rings. The molecule has 0 aliphatic carbocycles. The van der Waals surface area contributed by atoms with Crippen LogP contribution in [0.15, 0.2) is 18.2 Å². The van der Waals surface area contributed by atoms with Gasteiger partial charge in [0, 0.05) is 5.56 Å². The summed E-state index contributed by atoms with van der Waals surface area (Å²) in [5.74, 6) is 1.40. The van der Waals surface area contributed by atoms with Crippen molar-refractivity contribution < 1.29 is 14.6 Å². The molecule has 1 aromatic rings. The summed E-state index contributed by atoms with van der Waals surface area (Å²) in [5.41, 5.74) is 6.11. The maximum atomic E-state index is 10.2. The lowest BCUT2D eigenvalue weighted by Crippen LogP contribution is -2.53. The van der Waals surface area contributed by atoms with Gasteiger partial charge in [0.1, 0.15) is 23.2 Å². The van der Waals surface area contributed by atoms with Gasteiger partial charge < -0.3 is 20.3 Å². The highest BCUT2D eigenvalue weighted by Crippen LogP contribution is 2.40. The van der Waals surface area contributed by atoms with E-state index in [0.717, 1.165) is 5.75 Å². The van der Waals surface area contributed by atoms with Crippen LogP contribution < -0.4 is 15.2 Å². The van der Waals surface area contributed by atoms with Gasteiger partial charge in [-0.25, -0.2) is 0 Å². The Balaban J connectivity index is 0.00000162. The molecule has 0 aromatic heterocycles. The number of hydrogen-bond donors (Lipinski definition) is 2. The zero-order valence-corrected chi connectivity index (χ0v) is 11.7. The minimum Gasteiger partial charge on any atom is -0.494 e. The number of fused-ring (bicyclic) bond motifs is 1. The van der Waals surface area contributed by atoms with Crippen molar-refractivity contribution in [1.82, 2.24) is 0 Å². The smallest absolute Gasteiger partial charge is 0.126 e. The van der Waals surface area contributed by atoms with Gasteiger partial charge in [-0.3, -0.25) is 0 Å². The van der Waals surface area contributed by atoms with Crippen LogP contribution in [0.2, 0.25) is 0 Å². The van der Waals surface area contributed by atoms with E-state index >= 15 is 0 Å². The van der Waals surface area contributed by atoms with Crippen molar-refractivity contribution in [3.05, 3.63) is 23.8 Å². The molecule has 2 unspecified atom stereocenters. The van der Waals surface area contributed by atoms with Gasteiger partial charge in [-0.2, -0.15) is 0 Å².